The molecule has 0 amide bonds. The summed E-state index contributed by atoms with van der Waals surface area (Å²) in [5, 5.41) is 8.15. The van der Waals surface area contributed by atoms with Crippen LogP contribution in [0.3, 0.4) is 0 Å². The van der Waals surface area contributed by atoms with Crippen LogP contribution in [0, 0.1) is 11.3 Å². The number of ether oxygens (including phenoxy) is 1. The number of hydrogen-bond donors (Lipinski definition) is 0. The lowest BCUT2D eigenvalue weighted by Crippen LogP contribution is -2.14. The Hall–Kier alpha value is -0.750. The summed E-state index contributed by atoms with van der Waals surface area (Å²) in [6.45, 7) is 1.65. The number of carbonyl (C=O) groups is 1. The van der Waals surface area contributed by atoms with Gasteiger partial charge in [-0.05, 0) is 6.92 Å². The molecule has 0 N–H and O–H groups in total. The lowest BCUT2D eigenvalue weighted by atomic mass is 10.3. The van der Waals surface area contributed by atoms with E-state index in [0.717, 1.165) is 0 Å². The number of rotatable bonds is 3. The summed E-state index contributed by atoms with van der Waals surface area (Å²) in [4.78, 5) is 10.4. The number of esters is 1. The van der Waals surface area contributed by atoms with Gasteiger partial charge in [-0.2, -0.15) is 5.26 Å². The summed E-state index contributed by atoms with van der Waals surface area (Å²) in [7, 11) is 0. The van der Waals surface area contributed by atoms with Crippen LogP contribution in [0.2, 0.25) is 0 Å². The van der Waals surface area contributed by atoms with Crippen molar-refractivity contribution >= 4 is 17.6 Å². The van der Waals surface area contributed by atoms with Gasteiger partial charge < -0.3 is 4.74 Å². The molecule has 0 aliphatic rings. The molecule has 56 valence electrons. The highest BCUT2D eigenvalue weighted by Gasteiger charge is 2.06. The molecule has 0 saturated heterocycles. The highest BCUT2D eigenvalue weighted by atomic mass is 35.5. The van der Waals surface area contributed by atoms with Crippen LogP contribution in [0.25, 0.3) is 0 Å². The van der Waals surface area contributed by atoms with Gasteiger partial charge >= 0.3 is 5.97 Å². The highest BCUT2D eigenvalue weighted by molar-refractivity contribution is 6.26. The van der Waals surface area contributed by atoms with Crippen LogP contribution in [0.5, 0.6) is 0 Å². The third-order valence-corrected chi connectivity index (χ3v) is 1.04. The van der Waals surface area contributed by atoms with E-state index in [1.807, 2.05) is 6.07 Å². The van der Waals surface area contributed by atoms with Crippen LogP contribution in [0.1, 0.15) is 13.3 Å². The molecule has 4 heteroatoms. The Balaban J connectivity index is 3.49. The van der Waals surface area contributed by atoms with E-state index < -0.39 is 5.97 Å². The Morgan fingerprint density at radius 3 is 2.90 bits per heavy atom. The molecule has 3 nitrogen and oxygen atoms in total. The summed E-state index contributed by atoms with van der Waals surface area (Å²) in [6, 6.07) is 1.88. The van der Waals surface area contributed by atoms with Crippen molar-refractivity contribution in [1.82, 2.24) is 0 Å². The number of nitrogens with zero attached hydrogens (tertiary/aromatic N) is 1. The van der Waals surface area contributed by atoms with Crippen molar-refractivity contribution in [3.8, 4) is 6.07 Å². The zero-order valence-corrected chi connectivity index (χ0v) is 6.39. The van der Waals surface area contributed by atoms with Gasteiger partial charge in [-0.25, -0.2) is 0 Å². The minimum absolute atomic E-state index is 0.157. The van der Waals surface area contributed by atoms with E-state index in [1.54, 1.807) is 6.92 Å². The van der Waals surface area contributed by atoms with E-state index in [2.05, 4.69) is 4.74 Å². The molecule has 0 aliphatic carbocycles. The second-order valence-electron chi connectivity index (χ2n) is 1.80. The zero-order valence-electron chi connectivity index (χ0n) is 5.63. The van der Waals surface area contributed by atoms with Gasteiger partial charge in [-0.1, -0.05) is 0 Å². The second kappa shape index (κ2) is 5.07. The minimum atomic E-state index is -0.482. The van der Waals surface area contributed by atoms with Crippen LogP contribution in [-0.4, -0.2) is 18.0 Å². The second-order valence-corrected chi connectivity index (χ2v) is 2.06. The summed E-state index contributed by atoms with van der Waals surface area (Å²) >= 11 is 5.14. The van der Waals surface area contributed by atoms with Crippen molar-refractivity contribution < 1.29 is 9.53 Å². The molecule has 0 aromatic rings. The van der Waals surface area contributed by atoms with Crippen molar-refractivity contribution in [3.63, 3.8) is 0 Å². The lowest BCUT2D eigenvalue weighted by molar-refractivity contribution is -0.144. The van der Waals surface area contributed by atoms with Crippen molar-refractivity contribution in [3.05, 3.63) is 0 Å². The highest BCUT2D eigenvalue weighted by Crippen LogP contribution is 1.96. The zero-order chi connectivity index (χ0) is 7.98. The fraction of sp³-hybridized carbons (Fsp3) is 0.667. The van der Waals surface area contributed by atoms with E-state index >= 15 is 0 Å². The molecular weight excluding hydrogens is 154 g/mol. The maximum atomic E-state index is 10.4. The fourth-order valence-electron chi connectivity index (χ4n) is 0.426. The van der Waals surface area contributed by atoms with Gasteiger partial charge in [0, 0.05) is 0 Å². The van der Waals surface area contributed by atoms with Crippen LogP contribution in [0.15, 0.2) is 0 Å². The first-order valence-electron chi connectivity index (χ1n) is 2.83. The van der Waals surface area contributed by atoms with Gasteiger partial charge in [0.2, 0.25) is 0 Å². The third-order valence-electron chi connectivity index (χ3n) is 0.820. The Kier molecular flexibility index (Phi) is 4.69. The fourth-order valence-corrected chi connectivity index (χ4v) is 0.489. The molecule has 0 fully saturated rings. The number of nitriles is 1. The molecule has 0 rings (SSSR count). The average molecular weight is 162 g/mol. The summed E-state index contributed by atoms with van der Waals surface area (Å²) in [6.07, 6.45) is -0.140. The van der Waals surface area contributed by atoms with Gasteiger partial charge in [0.25, 0.3) is 0 Å². The van der Waals surface area contributed by atoms with E-state index in [1.165, 1.54) is 0 Å². The van der Waals surface area contributed by atoms with Gasteiger partial charge in [0.15, 0.2) is 0 Å². The number of hydrogen-bond acceptors (Lipinski definition) is 3. The molecule has 0 saturated carbocycles. The largest absolute Gasteiger partial charge is 0.461 e. The molecule has 0 radical (unpaired) electrons. The molecule has 0 aromatic heterocycles. The standard InChI is InChI=1S/C6H8ClNO2/c1-5(2-3-8)10-6(9)4-7/h5H,2,4H2,1H3/t5-/m1/s1. The first-order chi connectivity index (χ1) is 4.70. The molecule has 0 bridgehead atoms. The van der Waals surface area contributed by atoms with Crippen LogP contribution in [0.4, 0.5) is 0 Å². The SMILES string of the molecule is C[C@H](CC#N)OC(=O)CCl. The lowest BCUT2D eigenvalue weighted by Gasteiger charge is -2.06. The topological polar surface area (TPSA) is 50.1 Å². The van der Waals surface area contributed by atoms with Crippen molar-refractivity contribution in [2.24, 2.45) is 0 Å². The maximum Gasteiger partial charge on any atom is 0.321 e. The molecule has 0 heterocycles. The molecule has 0 unspecified atom stereocenters. The molecule has 0 spiro atoms. The average Bonchev–Trinajstić information content (AvgIpc) is 1.88. The van der Waals surface area contributed by atoms with Gasteiger partial charge in [-0.15, -0.1) is 11.6 Å². The predicted molar refractivity (Wildman–Crippen MR) is 36.5 cm³/mol. The summed E-state index contributed by atoms with van der Waals surface area (Å²) in [5.41, 5.74) is 0. The van der Waals surface area contributed by atoms with Crippen LogP contribution >= 0.6 is 11.6 Å². The molecule has 1 atom stereocenters. The summed E-state index contributed by atoms with van der Waals surface area (Å²) in [5.74, 6) is -0.639. The Morgan fingerprint density at radius 1 is 1.90 bits per heavy atom. The van der Waals surface area contributed by atoms with E-state index in [0.29, 0.717) is 0 Å². The van der Waals surface area contributed by atoms with Crippen molar-refractivity contribution in [2.75, 3.05) is 5.88 Å². The number of halogens is 1. The van der Waals surface area contributed by atoms with Crippen LogP contribution < -0.4 is 0 Å². The molecule has 10 heavy (non-hydrogen) atoms. The van der Waals surface area contributed by atoms with Crippen LogP contribution in [-0.2, 0) is 9.53 Å². The van der Waals surface area contributed by atoms with E-state index in [9.17, 15) is 4.79 Å². The smallest absolute Gasteiger partial charge is 0.321 e. The maximum absolute atomic E-state index is 10.4. The van der Waals surface area contributed by atoms with Crippen molar-refractivity contribution in [2.45, 2.75) is 19.4 Å². The first-order valence-corrected chi connectivity index (χ1v) is 3.36. The number of carbonyl (C=O) groups excluding carboxylic acids is 1. The quantitative estimate of drug-likeness (QED) is 0.460. The molecular formula is C6H8ClNO2. The van der Waals surface area contributed by atoms with Crippen molar-refractivity contribution in [1.29, 1.82) is 5.26 Å². The first kappa shape index (κ1) is 9.25. The Labute approximate surface area is 64.5 Å². The Morgan fingerprint density at radius 2 is 2.50 bits per heavy atom. The predicted octanol–water partition coefficient (Wildman–Crippen LogP) is 1.07. The third kappa shape index (κ3) is 4.16. The van der Waals surface area contributed by atoms with E-state index in [-0.39, 0.29) is 18.4 Å². The Bertz CT molecular complexity index is 152. The van der Waals surface area contributed by atoms with E-state index in [4.69, 9.17) is 16.9 Å². The summed E-state index contributed by atoms with van der Waals surface area (Å²) < 4.78 is 4.65. The number of alkyl halides is 1. The van der Waals surface area contributed by atoms with Gasteiger partial charge in [-0.3, -0.25) is 4.79 Å². The molecule has 0 aromatic carbocycles. The normalized spacial score (nSPS) is 11.7. The molecule has 0 aliphatic heterocycles. The van der Waals surface area contributed by atoms with Gasteiger partial charge in [0.05, 0.1) is 12.5 Å². The van der Waals surface area contributed by atoms with Gasteiger partial charge in [0.1, 0.15) is 12.0 Å². The monoisotopic (exact) mass is 161 g/mol. The minimum Gasteiger partial charge on any atom is -0.461 e.